The highest BCUT2D eigenvalue weighted by Gasteiger charge is 2.28. The van der Waals surface area contributed by atoms with Gasteiger partial charge in [0.15, 0.2) is 4.34 Å². The minimum Gasteiger partial charge on any atom is -0.299 e. The number of anilines is 2. The average Bonchev–Trinajstić information content (AvgIpc) is 3.16. The van der Waals surface area contributed by atoms with E-state index in [1.165, 1.54) is 41.3 Å². The largest absolute Gasteiger partial charge is 0.299 e. The average molecular weight is 483 g/mol. The molecule has 0 saturated carbocycles. The van der Waals surface area contributed by atoms with Gasteiger partial charge in [-0.25, -0.2) is 8.42 Å². The molecule has 158 valence electrons. The lowest BCUT2D eigenvalue weighted by Gasteiger charge is -2.25. The van der Waals surface area contributed by atoms with Crippen LogP contribution in [0.4, 0.5) is 10.8 Å². The van der Waals surface area contributed by atoms with E-state index in [0.717, 1.165) is 14.4 Å². The zero-order valence-electron chi connectivity index (χ0n) is 16.2. The summed E-state index contributed by atoms with van der Waals surface area (Å²) in [6.45, 7) is 3.31. The molecule has 0 saturated heterocycles. The number of carbonyl (C=O) groups is 1. The van der Waals surface area contributed by atoms with E-state index in [-0.39, 0.29) is 4.90 Å². The fraction of sp³-hybridized carbons (Fsp3) is 0.211. The Morgan fingerprint density at radius 1 is 1.20 bits per heavy atom. The van der Waals surface area contributed by atoms with Crippen LogP contribution in [-0.4, -0.2) is 36.8 Å². The Balaban J connectivity index is 1.93. The molecular weight excluding hydrogens is 464 g/mol. The minimum atomic E-state index is -4.01. The van der Waals surface area contributed by atoms with E-state index >= 15 is 0 Å². The van der Waals surface area contributed by atoms with Crippen LogP contribution < -0.4 is 9.62 Å². The number of thioether (sulfide) groups is 1. The third-order valence-corrected chi connectivity index (χ3v) is 7.84. The number of nitrogens with zero attached hydrogens (tertiary/aromatic N) is 3. The number of aromatic nitrogens is 2. The SMILES string of the molecule is CCSc1nnc(NC(=O)CN(c2cc(Cl)ccc2C)S(=O)(=O)c2ccccc2)s1. The van der Waals surface area contributed by atoms with Crippen LogP contribution in [0.15, 0.2) is 57.8 Å². The maximum absolute atomic E-state index is 13.3. The third-order valence-electron chi connectivity index (χ3n) is 3.98. The number of carbonyl (C=O) groups excluding carboxylic acids is 1. The molecule has 0 aliphatic carbocycles. The number of hydrogen-bond donors (Lipinski definition) is 1. The summed E-state index contributed by atoms with van der Waals surface area (Å²) in [5.41, 5.74) is 1.00. The molecule has 0 radical (unpaired) electrons. The second-order valence-corrected chi connectivity index (χ2v) is 10.9. The van der Waals surface area contributed by atoms with E-state index in [1.54, 1.807) is 37.3 Å². The van der Waals surface area contributed by atoms with Crippen molar-refractivity contribution in [2.45, 2.75) is 23.1 Å². The van der Waals surface area contributed by atoms with Gasteiger partial charge in [0.1, 0.15) is 6.54 Å². The summed E-state index contributed by atoms with van der Waals surface area (Å²) in [4.78, 5) is 12.8. The van der Waals surface area contributed by atoms with Crippen molar-refractivity contribution in [1.82, 2.24) is 10.2 Å². The number of hydrogen-bond acceptors (Lipinski definition) is 7. The van der Waals surface area contributed by atoms with E-state index in [9.17, 15) is 13.2 Å². The topological polar surface area (TPSA) is 92.3 Å². The van der Waals surface area contributed by atoms with Crippen LogP contribution >= 0.6 is 34.7 Å². The maximum Gasteiger partial charge on any atom is 0.264 e. The molecule has 2 aromatic carbocycles. The van der Waals surface area contributed by atoms with Gasteiger partial charge in [0.25, 0.3) is 10.0 Å². The van der Waals surface area contributed by atoms with Crippen molar-refractivity contribution in [2.75, 3.05) is 21.9 Å². The van der Waals surface area contributed by atoms with Gasteiger partial charge in [0.2, 0.25) is 11.0 Å². The summed E-state index contributed by atoms with van der Waals surface area (Å²) in [7, 11) is -4.01. The van der Waals surface area contributed by atoms with E-state index in [4.69, 9.17) is 11.6 Å². The molecular formula is C19H19ClN4O3S3. The van der Waals surface area contributed by atoms with Gasteiger partial charge >= 0.3 is 0 Å². The van der Waals surface area contributed by atoms with Gasteiger partial charge in [0.05, 0.1) is 10.6 Å². The molecule has 0 aliphatic heterocycles. The first-order chi connectivity index (χ1) is 14.3. The van der Waals surface area contributed by atoms with Gasteiger partial charge in [-0.05, 0) is 42.5 Å². The molecule has 0 spiro atoms. The first-order valence-electron chi connectivity index (χ1n) is 8.91. The quantitative estimate of drug-likeness (QED) is 0.376. The molecule has 0 atom stereocenters. The van der Waals surface area contributed by atoms with Crippen LogP contribution in [0.1, 0.15) is 12.5 Å². The van der Waals surface area contributed by atoms with Crippen LogP contribution in [0.2, 0.25) is 5.02 Å². The van der Waals surface area contributed by atoms with Gasteiger partial charge in [-0.15, -0.1) is 10.2 Å². The number of nitrogens with one attached hydrogen (secondary N) is 1. The van der Waals surface area contributed by atoms with Crippen LogP contribution in [0, 0.1) is 6.92 Å². The fourth-order valence-electron chi connectivity index (χ4n) is 2.60. The predicted octanol–water partition coefficient (Wildman–Crippen LogP) is 4.45. The molecule has 3 rings (SSSR count). The van der Waals surface area contributed by atoms with Gasteiger partial charge in [-0.1, -0.05) is 65.9 Å². The Labute approximate surface area is 188 Å². The second kappa shape index (κ2) is 9.78. The number of amides is 1. The molecule has 1 heterocycles. The zero-order valence-corrected chi connectivity index (χ0v) is 19.4. The number of sulfonamides is 1. The third kappa shape index (κ3) is 5.31. The van der Waals surface area contributed by atoms with Crippen LogP contribution in [0.25, 0.3) is 0 Å². The molecule has 0 aliphatic rings. The molecule has 0 bridgehead atoms. The summed E-state index contributed by atoms with van der Waals surface area (Å²) in [5, 5.41) is 11.2. The molecule has 0 unspecified atom stereocenters. The molecule has 7 nitrogen and oxygen atoms in total. The molecule has 3 aromatic rings. The molecule has 1 aromatic heterocycles. The Morgan fingerprint density at radius 2 is 1.93 bits per heavy atom. The van der Waals surface area contributed by atoms with Crippen molar-refractivity contribution in [2.24, 2.45) is 0 Å². The Morgan fingerprint density at radius 3 is 2.63 bits per heavy atom. The number of halogens is 1. The van der Waals surface area contributed by atoms with E-state index in [1.807, 2.05) is 6.92 Å². The Kier molecular flexibility index (Phi) is 7.35. The number of aryl methyl sites for hydroxylation is 1. The normalized spacial score (nSPS) is 11.3. The van der Waals surface area contributed by atoms with E-state index in [2.05, 4.69) is 15.5 Å². The fourth-order valence-corrected chi connectivity index (χ4v) is 5.93. The molecule has 0 fully saturated rings. The molecule has 11 heteroatoms. The molecule has 30 heavy (non-hydrogen) atoms. The summed E-state index contributed by atoms with van der Waals surface area (Å²) < 4.78 is 28.5. The molecule has 1 N–H and O–H groups in total. The highest BCUT2D eigenvalue weighted by atomic mass is 35.5. The van der Waals surface area contributed by atoms with Gasteiger partial charge < -0.3 is 0 Å². The van der Waals surface area contributed by atoms with Gasteiger partial charge in [0, 0.05) is 5.02 Å². The maximum atomic E-state index is 13.3. The standard InChI is InChI=1S/C19H19ClN4O3S3/c1-3-28-19-23-22-18(29-19)21-17(25)12-24(16-11-14(20)10-9-13(16)2)30(26,27)15-7-5-4-6-8-15/h4-11H,3,12H2,1-2H3,(H,21,22,25). The van der Waals surface area contributed by atoms with Crippen molar-refractivity contribution >= 4 is 61.4 Å². The van der Waals surface area contributed by atoms with Gasteiger partial charge in [-0.3, -0.25) is 14.4 Å². The lowest BCUT2D eigenvalue weighted by Crippen LogP contribution is -2.38. The Bertz CT molecular complexity index is 1140. The highest BCUT2D eigenvalue weighted by molar-refractivity contribution is 8.01. The first kappa shape index (κ1) is 22.5. The molecule has 1 amide bonds. The zero-order chi connectivity index (χ0) is 21.7. The van der Waals surface area contributed by atoms with E-state index < -0.39 is 22.5 Å². The predicted molar refractivity (Wildman–Crippen MR) is 122 cm³/mol. The highest BCUT2D eigenvalue weighted by Crippen LogP contribution is 2.30. The summed E-state index contributed by atoms with van der Waals surface area (Å²) in [6.07, 6.45) is 0. The summed E-state index contributed by atoms with van der Waals surface area (Å²) in [5.74, 6) is 0.304. The van der Waals surface area contributed by atoms with Crippen LogP contribution in [0.3, 0.4) is 0 Å². The van der Waals surface area contributed by atoms with E-state index in [0.29, 0.717) is 21.4 Å². The van der Waals surface area contributed by atoms with Crippen LogP contribution in [0.5, 0.6) is 0 Å². The van der Waals surface area contributed by atoms with Crippen molar-refractivity contribution in [3.63, 3.8) is 0 Å². The number of benzene rings is 2. The smallest absolute Gasteiger partial charge is 0.264 e. The monoisotopic (exact) mass is 482 g/mol. The number of rotatable bonds is 8. The lowest BCUT2D eigenvalue weighted by molar-refractivity contribution is -0.114. The lowest BCUT2D eigenvalue weighted by atomic mass is 10.2. The van der Waals surface area contributed by atoms with Crippen LogP contribution in [-0.2, 0) is 14.8 Å². The second-order valence-electron chi connectivity index (χ2n) is 6.11. The summed E-state index contributed by atoms with van der Waals surface area (Å²) >= 11 is 8.86. The van der Waals surface area contributed by atoms with Gasteiger partial charge in [-0.2, -0.15) is 0 Å². The van der Waals surface area contributed by atoms with Crippen molar-refractivity contribution in [3.8, 4) is 0 Å². The summed E-state index contributed by atoms with van der Waals surface area (Å²) in [6, 6.07) is 12.9. The first-order valence-corrected chi connectivity index (χ1v) is 12.5. The Hall–Kier alpha value is -2.14. The van der Waals surface area contributed by atoms with Crippen molar-refractivity contribution < 1.29 is 13.2 Å². The minimum absolute atomic E-state index is 0.0784. The van der Waals surface area contributed by atoms with Crippen molar-refractivity contribution in [3.05, 3.63) is 59.1 Å². The van der Waals surface area contributed by atoms with Crippen molar-refractivity contribution in [1.29, 1.82) is 0 Å².